The van der Waals surface area contributed by atoms with E-state index in [2.05, 4.69) is 26.0 Å². The highest BCUT2D eigenvalue weighted by Crippen LogP contribution is 2.54. The summed E-state index contributed by atoms with van der Waals surface area (Å²) in [4.78, 5) is 26.8. The SMILES string of the molecule is CC1(C)S[C@@H]2C(NC(=O)[C@H](N)c3ccc(O)cc3)C(=O)N2C1=C1N=NN=N1. The summed E-state index contributed by atoms with van der Waals surface area (Å²) in [5, 5.41) is 26.5. The molecule has 1 unspecified atom stereocenters. The van der Waals surface area contributed by atoms with Gasteiger partial charge in [-0.05, 0) is 42.0 Å². The summed E-state index contributed by atoms with van der Waals surface area (Å²) in [6.45, 7) is 3.91. The number of amides is 2. The molecule has 4 rings (SSSR count). The van der Waals surface area contributed by atoms with Crippen molar-refractivity contribution in [3.05, 3.63) is 41.3 Å². The van der Waals surface area contributed by atoms with Gasteiger partial charge in [0.05, 0.1) is 10.4 Å². The minimum absolute atomic E-state index is 0.0857. The van der Waals surface area contributed by atoms with Crippen molar-refractivity contribution in [1.82, 2.24) is 10.2 Å². The van der Waals surface area contributed by atoms with Gasteiger partial charge >= 0.3 is 0 Å². The normalized spacial score (nSPS) is 26.2. The third kappa shape index (κ3) is 2.79. The molecule has 0 spiro atoms. The van der Waals surface area contributed by atoms with Crippen LogP contribution in [0.25, 0.3) is 0 Å². The Bertz CT molecular complexity index is 895. The number of carbonyl (C=O) groups is 2. The van der Waals surface area contributed by atoms with Crippen LogP contribution in [0.1, 0.15) is 25.5 Å². The van der Waals surface area contributed by atoms with Crippen LogP contribution in [-0.2, 0) is 9.59 Å². The second kappa shape index (κ2) is 6.13. The lowest BCUT2D eigenvalue weighted by Gasteiger charge is -2.42. The van der Waals surface area contributed by atoms with Crippen LogP contribution in [-0.4, -0.2) is 38.0 Å². The lowest BCUT2D eigenvalue weighted by molar-refractivity contribution is -0.145. The van der Waals surface area contributed by atoms with Gasteiger partial charge in [0.2, 0.25) is 11.7 Å². The van der Waals surface area contributed by atoms with Crippen LogP contribution < -0.4 is 11.1 Å². The van der Waals surface area contributed by atoms with Gasteiger partial charge in [-0.2, -0.15) is 0 Å². The van der Waals surface area contributed by atoms with Crippen LogP contribution in [0.15, 0.2) is 56.5 Å². The number of nitrogens with one attached hydrogen (secondary N) is 1. The van der Waals surface area contributed by atoms with E-state index in [1.807, 2.05) is 13.8 Å². The molecule has 0 bridgehead atoms. The number of fused-ring (bicyclic) bond motifs is 1. The van der Waals surface area contributed by atoms with E-state index in [9.17, 15) is 14.7 Å². The number of phenolic OH excluding ortho intramolecular Hbond substituents is 1. The van der Waals surface area contributed by atoms with E-state index in [1.54, 1.807) is 17.0 Å². The Labute approximate surface area is 158 Å². The number of phenols is 1. The molecule has 4 N–H and O–H groups in total. The number of β-lactam (4-membered cyclic amide) rings is 1. The smallest absolute Gasteiger partial charge is 0.253 e. The van der Waals surface area contributed by atoms with Crippen molar-refractivity contribution in [3.63, 3.8) is 0 Å². The lowest BCUT2D eigenvalue weighted by Crippen LogP contribution is -2.67. The molecule has 2 fully saturated rings. The van der Waals surface area contributed by atoms with Gasteiger partial charge in [-0.3, -0.25) is 14.5 Å². The molecule has 1 aromatic carbocycles. The minimum atomic E-state index is -0.942. The first-order chi connectivity index (χ1) is 12.8. The van der Waals surface area contributed by atoms with Crippen molar-refractivity contribution in [2.45, 2.75) is 36.1 Å². The van der Waals surface area contributed by atoms with Gasteiger partial charge in [-0.15, -0.1) is 22.0 Å². The molecule has 3 aliphatic heterocycles. The predicted octanol–water partition coefficient (Wildman–Crippen LogP) is 1.57. The van der Waals surface area contributed by atoms with Crippen LogP contribution in [0.4, 0.5) is 0 Å². The van der Waals surface area contributed by atoms with Crippen molar-refractivity contribution in [1.29, 1.82) is 0 Å². The number of aromatic hydroxyl groups is 1. The van der Waals surface area contributed by atoms with E-state index >= 15 is 0 Å². The van der Waals surface area contributed by atoms with Gasteiger partial charge in [0.15, 0.2) is 0 Å². The third-order valence-electron chi connectivity index (χ3n) is 4.63. The molecule has 10 nitrogen and oxygen atoms in total. The molecular weight excluding hydrogens is 370 g/mol. The molecule has 27 heavy (non-hydrogen) atoms. The van der Waals surface area contributed by atoms with Gasteiger partial charge in [0.25, 0.3) is 5.91 Å². The fraction of sp³-hybridized carbons (Fsp3) is 0.375. The Balaban J connectivity index is 1.51. The number of carbonyl (C=O) groups excluding carboxylic acids is 2. The van der Waals surface area contributed by atoms with Crippen molar-refractivity contribution >= 4 is 23.6 Å². The first kappa shape index (κ1) is 17.6. The fourth-order valence-electron chi connectivity index (χ4n) is 3.30. The van der Waals surface area contributed by atoms with Crippen LogP contribution in [0, 0.1) is 0 Å². The van der Waals surface area contributed by atoms with Crippen LogP contribution in [0.2, 0.25) is 0 Å². The Morgan fingerprint density at radius 2 is 1.93 bits per heavy atom. The van der Waals surface area contributed by atoms with Gasteiger partial charge in [0.1, 0.15) is 23.2 Å². The number of nitrogens with zero attached hydrogens (tertiary/aromatic N) is 5. The monoisotopic (exact) mass is 387 g/mol. The number of nitrogens with two attached hydrogens (primary N) is 1. The summed E-state index contributed by atoms with van der Waals surface area (Å²) in [5.74, 6) is -0.306. The standard InChI is InChI=1S/C16H17N7O3S/c1-16(2)11(12-19-21-22-20-12)23-14(26)10(15(23)27-16)18-13(25)9(17)7-3-5-8(24)6-4-7/h3-6,9-10,15,24H,17H2,1-2H3,(H,18,25)/t9-,10?,15-/m1/s1. The first-order valence-corrected chi connectivity index (χ1v) is 9.10. The lowest BCUT2D eigenvalue weighted by atomic mass is 9.99. The Morgan fingerprint density at radius 3 is 2.56 bits per heavy atom. The molecular formula is C16H17N7O3S. The molecule has 3 aliphatic rings. The van der Waals surface area contributed by atoms with Crippen molar-refractivity contribution in [2.75, 3.05) is 0 Å². The quantitative estimate of drug-likeness (QED) is 0.674. The van der Waals surface area contributed by atoms with Crippen molar-refractivity contribution in [3.8, 4) is 5.75 Å². The number of benzene rings is 1. The average molecular weight is 387 g/mol. The van der Waals surface area contributed by atoms with Gasteiger partial charge in [-0.1, -0.05) is 12.1 Å². The number of thioether (sulfide) groups is 1. The Morgan fingerprint density at radius 1 is 1.30 bits per heavy atom. The molecule has 0 aromatic heterocycles. The number of rotatable bonds is 3. The minimum Gasteiger partial charge on any atom is -0.508 e. The highest BCUT2D eigenvalue weighted by Gasteiger charge is 2.61. The fourth-order valence-corrected chi connectivity index (χ4v) is 4.84. The maximum atomic E-state index is 12.7. The molecule has 0 radical (unpaired) electrons. The molecule has 11 heteroatoms. The Kier molecular flexibility index (Phi) is 4.00. The second-order valence-electron chi connectivity index (χ2n) is 6.83. The molecule has 140 valence electrons. The molecule has 0 saturated carbocycles. The van der Waals surface area contributed by atoms with Crippen molar-refractivity contribution < 1.29 is 14.7 Å². The zero-order chi connectivity index (χ0) is 19.3. The van der Waals surface area contributed by atoms with Crippen LogP contribution in [0.3, 0.4) is 0 Å². The van der Waals surface area contributed by atoms with E-state index < -0.39 is 22.7 Å². The summed E-state index contributed by atoms with van der Waals surface area (Å²) in [7, 11) is 0. The van der Waals surface area contributed by atoms with E-state index in [1.165, 1.54) is 23.9 Å². The van der Waals surface area contributed by atoms with Crippen LogP contribution >= 0.6 is 11.8 Å². The number of hydrogen-bond donors (Lipinski definition) is 3. The predicted molar refractivity (Wildman–Crippen MR) is 96.0 cm³/mol. The van der Waals surface area contributed by atoms with E-state index in [-0.39, 0.29) is 17.0 Å². The first-order valence-electron chi connectivity index (χ1n) is 8.22. The van der Waals surface area contributed by atoms with Gasteiger partial charge < -0.3 is 16.2 Å². The zero-order valence-electron chi connectivity index (χ0n) is 14.5. The summed E-state index contributed by atoms with van der Waals surface area (Å²) in [6, 6.07) is 4.43. The van der Waals surface area contributed by atoms with Crippen LogP contribution in [0.5, 0.6) is 5.75 Å². The largest absolute Gasteiger partial charge is 0.508 e. The maximum Gasteiger partial charge on any atom is 0.253 e. The molecule has 3 heterocycles. The third-order valence-corrected chi connectivity index (χ3v) is 6.14. The second-order valence-corrected chi connectivity index (χ2v) is 8.57. The summed E-state index contributed by atoms with van der Waals surface area (Å²) >= 11 is 1.53. The topological polar surface area (TPSA) is 145 Å². The highest BCUT2D eigenvalue weighted by molar-refractivity contribution is 8.01. The number of hydrogen-bond acceptors (Lipinski definition) is 9. The highest BCUT2D eigenvalue weighted by atomic mass is 32.2. The molecule has 2 saturated heterocycles. The molecule has 1 aromatic rings. The van der Waals surface area contributed by atoms with E-state index in [0.29, 0.717) is 17.1 Å². The zero-order valence-corrected chi connectivity index (χ0v) is 15.3. The van der Waals surface area contributed by atoms with E-state index in [0.717, 1.165) is 0 Å². The maximum absolute atomic E-state index is 12.7. The Hall–Kier alpha value is -2.79. The molecule has 3 atom stereocenters. The van der Waals surface area contributed by atoms with Gasteiger partial charge in [-0.25, -0.2) is 0 Å². The van der Waals surface area contributed by atoms with E-state index in [4.69, 9.17) is 5.73 Å². The summed E-state index contributed by atoms with van der Waals surface area (Å²) in [6.07, 6.45) is 0. The molecule has 2 amide bonds. The average Bonchev–Trinajstić information content (AvgIpc) is 3.23. The van der Waals surface area contributed by atoms with Gasteiger partial charge in [0, 0.05) is 0 Å². The molecule has 0 aliphatic carbocycles. The van der Waals surface area contributed by atoms with Crippen molar-refractivity contribution in [2.24, 2.45) is 26.4 Å². The summed E-state index contributed by atoms with van der Waals surface area (Å²) < 4.78 is -0.434. The summed E-state index contributed by atoms with van der Waals surface area (Å²) in [5.41, 5.74) is 7.17.